The van der Waals surface area contributed by atoms with Gasteiger partial charge in [-0.3, -0.25) is 0 Å². The van der Waals surface area contributed by atoms with Crippen LogP contribution in [0.25, 0.3) is 0 Å². The van der Waals surface area contributed by atoms with Gasteiger partial charge in [-0.05, 0) is 48.2 Å². The van der Waals surface area contributed by atoms with E-state index in [-0.39, 0.29) is 12.2 Å². The van der Waals surface area contributed by atoms with Crippen LogP contribution >= 0.6 is 102 Å². The molecule has 0 radical (unpaired) electrons. The zero-order valence-electron chi connectivity index (χ0n) is 15.3. The monoisotopic (exact) mass is 848 g/mol. The molecule has 0 saturated carbocycles. The number of ether oxygens (including phenoxy) is 2. The van der Waals surface area contributed by atoms with E-state index in [9.17, 15) is 0 Å². The van der Waals surface area contributed by atoms with Crippen molar-refractivity contribution in [2.75, 3.05) is 11.0 Å². The Balaban J connectivity index is 1.82. The summed E-state index contributed by atoms with van der Waals surface area (Å²) in [4.78, 5) is 0. The number of halogens is 5. The second-order valence-corrected chi connectivity index (χ2v) is 12.3. The number of hydrogen-bond acceptors (Lipinski definition) is 2. The fraction of sp³-hybridized carbons (Fsp3) is 0.429. The van der Waals surface area contributed by atoms with Crippen molar-refractivity contribution in [3.05, 3.63) is 64.2 Å². The minimum Gasteiger partial charge on any atom is -0.494 e. The van der Waals surface area contributed by atoms with Gasteiger partial charge in [-0.15, -0.1) is 0 Å². The average molecular weight is 848 g/mol. The van der Waals surface area contributed by atoms with E-state index < -0.39 is 0 Å². The highest BCUT2D eigenvalue weighted by Gasteiger charge is 2.42. The molecule has 0 spiro atoms. The van der Waals surface area contributed by atoms with Gasteiger partial charge < -0.3 is 9.47 Å². The summed E-state index contributed by atoms with van der Waals surface area (Å²) < 4.78 is 14.6. The molecule has 1 aliphatic heterocycles. The topological polar surface area (TPSA) is 18.5 Å². The van der Waals surface area contributed by atoms with Crippen molar-refractivity contribution in [1.82, 2.24) is 0 Å². The molecule has 28 heavy (non-hydrogen) atoms. The van der Waals surface area contributed by atoms with E-state index in [4.69, 9.17) is 21.1 Å². The molecule has 1 heterocycles. The third kappa shape index (κ3) is 5.80. The predicted octanol–water partition coefficient (Wildman–Crippen LogP) is 7.62. The van der Waals surface area contributed by atoms with Crippen LogP contribution in [0.5, 0.6) is 5.75 Å². The van der Waals surface area contributed by atoms with Gasteiger partial charge in [-0.2, -0.15) is 0 Å². The normalized spacial score (nSPS) is 27.6. The Bertz CT molecular complexity index is 784. The Morgan fingerprint density at radius 2 is 1.71 bits per heavy atom. The summed E-state index contributed by atoms with van der Waals surface area (Å²) in [5, 5.41) is 0.807. The number of benzene rings is 2. The first-order valence-electron chi connectivity index (χ1n) is 9.08. The van der Waals surface area contributed by atoms with Gasteiger partial charge in [0, 0.05) is 13.4 Å². The maximum absolute atomic E-state index is 6.54. The van der Waals surface area contributed by atoms with Crippen molar-refractivity contribution in [1.29, 1.82) is 0 Å². The standard InChI is InChI=1S/C21H21ClI4O2/c1-2-27-15-6-3-12(4-7-15)9-14-10-13(5-8-16(14)22)21-20(26)19(25)18(24)17(11-23)28-21/h3-8,10,17-21H,2,9,11H2,1H3. The van der Waals surface area contributed by atoms with Crippen molar-refractivity contribution in [2.45, 2.75) is 37.3 Å². The molecule has 0 N–H and O–H groups in total. The van der Waals surface area contributed by atoms with E-state index in [0.29, 0.717) is 18.4 Å². The van der Waals surface area contributed by atoms with Crippen LogP contribution in [-0.2, 0) is 11.2 Å². The zero-order valence-corrected chi connectivity index (χ0v) is 24.6. The highest BCUT2D eigenvalue weighted by Crippen LogP contribution is 2.44. The maximum Gasteiger partial charge on any atom is 0.119 e. The van der Waals surface area contributed by atoms with Crippen molar-refractivity contribution in [3.8, 4) is 5.75 Å². The van der Waals surface area contributed by atoms with E-state index in [0.717, 1.165) is 27.2 Å². The number of rotatable bonds is 6. The summed E-state index contributed by atoms with van der Waals surface area (Å²) >= 11 is 16.7. The third-order valence-electron chi connectivity index (χ3n) is 4.75. The fourth-order valence-electron chi connectivity index (χ4n) is 3.27. The Kier molecular flexibility index (Phi) is 9.73. The first-order valence-corrected chi connectivity index (χ1v) is 14.7. The summed E-state index contributed by atoms with van der Waals surface area (Å²) in [6.45, 7) is 2.68. The molecule has 2 aromatic carbocycles. The van der Waals surface area contributed by atoms with E-state index >= 15 is 0 Å². The van der Waals surface area contributed by atoms with Crippen molar-refractivity contribution >= 4 is 102 Å². The van der Waals surface area contributed by atoms with Gasteiger partial charge in [0.05, 0.1) is 26.7 Å². The lowest BCUT2D eigenvalue weighted by Crippen LogP contribution is -2.46. The molecule has 0 aliphatic carbocycles. The molecule has 5 unspecified atom stereocenters. The lowest BCUT2D eigenvalue weighted by molar-refractivity contribution is -0.0184. The highest BCUT2D eigenvalue weighted by molar-refractivity contribution is 14.1. The summed E-state index contributed by atoms with van der Waals surface area (Å²) in [6, 6.07) is 14.6. The first kappa shape index (κ1) is 24.1. The molecule has 0 bridgehead atoms. The molecular weight excluding hydrogens is 827 g/mol. The van der Waals surface area contributed by atoms with Crippen LogP contribution in [0.3, 0.4) is 0 Å². The van der Waals surface area contributed by atoms with Crippen LogP contribution in [0.15, 0.2) is 42.5 Å². The van der Waals surface area contributed by atoms with Crippen LogP contribution < -0.4 is 4.74 Å². The summed E-state index contributed by atoms with van der Waals surface area (Å²) in [5.41, 5.74) is 3.59. The van der Waals surface area contributed by atoms with Gasteiger partial charge in [0.25, 0.3) is 0 Å². The number of alkyl halides is 4. The van der Waals surface area contributed by atoms with Crippen molar-refractivity contribution in [3.63, 3.8) is 0 Å². The van der Waals surface area contributed by atoms with Gasteiger partial charge in [-0.1, -0.05) is 126 Å². The minimum absolute atomic E-state index is 0.102. The van der Waals surface area contributed by atoms with Gasteiger partial charge in [-0.25, -0.2) is 0 Å². The molecular formula is C21H21ClI4O2. The van der Waals surface area contributed by atoms with E-state index in [1.54, 1.807) is 0 Å². The van der Waals surface area contributed by atoms with E-state index in [1.807, 2.05) is 25.1 Å². The largest absolute Gasteiger partial charge is 0.494 e. The molecule has 2 nitrogen and oxygen atoms in total. The second kappa shape index (κ2) is 11.3. The lowest BCUT2D eigenvalue weighted by atomic mass is 9.95. The minimum atomic E-state index is 0.102. The first-order chi connectivity index (χ1) is 13.4. The average Bonchev–Trinajstić information content (AvgIpc) is 2.70. The molecule has 3 rings (SSSR count). The second-order valence-electron chi connectivity index (χ2n) is 6.69. The highest BCUT2D eigenvalue weighted by atomic mass is 127. The molecule has 1 aliphatic rings. The van der Waals surface area contributed by atoms with E-state index in [1.165, 1.54) is 11.1 Å². The predicted molar refractivity (Wildman–Crippen MR) is 152 cm³/mol. The quantitative estimate of drug-likeness (QED) is 0.220. The maximum atomic E-state index is 6.54. The molecule has 1 saturated heterocycles. The van der Waals surface area contributed by atoms with Gasteiger partial charge in [0.1, 0.15) is 5.75 Å². The SMILES string of the molecule is CCOc1ccc(Cc2cc(C3OC(CI)C(I)C(I)C3I)ccc2Cl)cc1. The summed E-state index contributed by atoms with van der Waals surface area (Å²) in [7, 11) is 0. The van der Waals surface area contributed by atoms with Crippen LogP contribution in [0.2, 0.25) is 5.02 Å². The Morgan fingerprint density at radius 1 is 1.00 bits per heavy atom. The van der Waals surface area contributed by atoms with Crippen LogP contribution in [-0.4, -0.2) is 28.9 Å². The lowest BCUT2D eigenvalue weighted by Gasteiger charge is -2.40. The molecule has 0 amide bonds. The Hall–Kier alpha value is 1.41. The fourth-order valence-corrected chi connectivity index (χ4v) is 8.72. The summed E-state index contributed by atoms with van der Waals surface area (Å²) in [5.74, 6) is 0.903. The van der Waals surface area contributed by atoms with E-state index in [2.05, 4.69) is 115 Å². The summed E-state index contributed by atoms with van der Waals surface area (Å²) in [6.07, 6.45) is 1.18. The van der Waals surface area contributed by atoms with Crippen molar-refractivity contribution < 1.29 is 9.47 Å². The smallest absolute Gasteiger partial charge is 0.119 e. The molecule has 0 aromatic heterocycles. The molecule has 1 fully saturated rings. The number of hydrogen-bond donors (Lipinski definition) is 0. The molecule has 2 aromatic rings. The van der Waals surface area contributed by atoms with Gasteiger partial charge >= 0.3 is 0 Å². The zero-order chi connectivity index (χ0) is 20.3. The molecule has 5 atom stereocenters. The van der Waals surface area contributed by atoms with Crippen LogP contribution in [0.4, 0.5) is 0 Å². The van der Waals surface area contributed by atoms with Gasteiger partial charge in [0.2, 0.25) is 0 Å². The van der Waals surface area contributed by atoms with Crippen LogP contribution in [0, 0.1) is 0 Å². The van der Waals surface area contributed by atoms with Crippen molar-refractivity contribution in [2.24, 2.45) is 0 Å². The molecule has 7 heteroatoms. The van der Waals surface area contributed by atoms with Gasteiger partial charge in [0.15, 0.2) is 0 Å². The Morgan fingerprint density at radius 3 is 2.36 bits per heavy atom. The van der Waals surface area contributed by atoms with Crippen LogP contribution in [0.1, 0.15) is 29.7 Å². The third-order valence-corrected chi connectivity index (χ3v) is 13.3. The molecule has 152 valence electrons. The Labute approximate surface area is 226 Å².